The maximum absolute atomic E-state index is 5.60. The van der Waals surface area contributed by atoms with Crippen LogP contribution in [-0.4, -0.2) is 9.78 Å². The third kappa shape index (κ3) is 2.15. The standard InChI is InChI=1S/C11H21N3/c1-8(2)14-10(11(3,4)5)6-9(7-12)13-14/h6,8H,7,12H2,1-5H3. The Balaban J connectivity index is 3.19. The summed E-state index contributed by atoms with van der Waals surface area (Å²) in [6.45, 7) is 11.4. The van der Waals surface area contributed by atoms with E-state index in [1.165, 1.54) is 5.69 Å². The Morgan fingerprint density at radius 1 is 1.43 bits per heavy atom. The monoisotopic (exact) mass is 195 g/mol. The SMILES string of the molecule is CC(C)n1nc(CN)cc1C(C)(C)C. The largest absolute Gasteiger partial charge is 0.325 e. The van der Waals surface area contributed by atoms with Crippen LogP contribution < -0.4 is 5.73 Å². The molecule has 0 radical (unpaired) electrons. The van der Waals surface area contributed by atoms with Crippen LogP contribution in [0, 0.1) is 0 Å². The minimum absolute atomic E-state index is 0.130. The Morgan fingerprint density at radius 3 is 2.29 bits per heavy atom. The van der Waals surface area contributed by atoms with Crippen LogP contribution in [0.25, 0.3) is 0 Å². The van der Waals surface area contributed by atoms with Gasteiger partial charge in [0.05, 0.1) is 5.69 Å². The van der Waals surface area contributed by atoms with Gasteiger partial charge in [0.1, 0.15) is 0 Å². The van der Waals surface area contributed by atoms with Crippen molar-refractivity contribution in [1.82, 2.24) is 9.78 Å². The molecule has 1 aromatic rings. The summed E-state index contributed by atoms with van der Waals surface area (Å²) >= 11 is 0. The number of nitrogens with two attached hydrogens (primary N) is 1. The van der Waals surface area contributed by atoms with E-state index in [1.54, 1.807) is 0 Å². The third-order valence-corrected chi connectivity index (χ3v) is 2.25. The molecule has 0 aliphatic heterocycles. The fraction of sp³-hybridized carbons (Fsp3) is 0.727. The Labute approximate surface area is 86.3 Å². The molecule has 0 unspecified atom stereocenters. The summed E-state index contributed by atoms with van der Waals surface area (Å²) in [6, 6.07) is 2.50. The lowest BCUT2D eigenvalue weighted by Gasteiger charge is -2.22. The van der Waals surface area contributed by atoms with Crippen LogP contribution in [0.4, 0.5) is 0 Å². The molecule has 0 aliphatic rings. The Kier molecular flexibility index (Phi) is 3.00. The van der Waals surface area contributed by atoms with E-state index in [9.17, 15) is 0 Å². The summed E-state index contributed by atoms with van der Waals surface area (Å²) in [5, 5.41) is 4.49. The molecule has 0 saturated heterocycles. The summed E-state index contributed by atoms with van der Waals surface area (Å²) in [7, 11) is 0. The number of nitrogens with zero attached hydrogens (tertiary/aromatic N) is 2. The molecule has 3 nitrogen and oxygen atoms in total. The van der Waals surface area contributed by atoms with Crippen molar-refractivity contribution < 1.29 is 0 Å². The number of hydrogen-bond acceptors (Lipinski definition) is 2. The highest BCUT2D eigenvalue weighted by atomic mass is 15.3. The predicted molar refractivity (Wildman–Crippen MR) is 59.2 cm³/mol. The zero-order valence-corrected chi connectivity index (χ0v) is 9.83. The zero-order chi connectivity index (χ0) is 10.9. The quantitative estimate of drug-likeness (QED) is 0.786. The molecule has 0 aliphatic carbocycles. The molecule has 3 heteroatoms. The highest BCUT2D eigenvalue weighted by molar-refractivity contribution is 5.18. The Morgan fingerprint density at radius 2 is 2.00 bits per heavy atom. The highest BCUT2D eigenvalue weighted by Crippen LogP contribution is 2.25. The van der Waals surface area contributed by atoms with Gasteiger partial charge in [-0.05, 0) is 19.9 Å². The van der Waals surface area contributed by atoms with Crippen molar-refractivity contribution >= 4 is 0 Å². The molecule has 1 heterocycles. The van der Waals surface area contributed by atoms with E-state index >= 15 is 0 Å². The van der Waals surface area contributed by atoms with Crippen molar-refractivity contribution in [2.24, 2.45) is 5.73 Å². The first-order valence-electron chi connectivity index (χ1n) is 5.15. The molecular formula is C11H21N3. The average Bonchev–Trinajstić information content (AvgIpc) is 2.46. The minimum atomic E-state index is 0.130. The van der Waals surface area contributed by atoms with Crippen LogP contribution in [-0.2, 0) is 12.0 Å². The van der Waals surface area contributed by atoms with Gasteiger partial charge in [-0.3, -0.25) is 4.68 Å². The van der Waals surface area contributed by atoms with Crippen molar-refractivity contribution in [3.63, 3.8) is 0 Å². The minimum Gasteiger partial charge on any atom is -0.325 e. The first-order chi connectivity index (χ1) is 6.36. The second-order valence-corrected chi connectivity index (χ2v) is 5.01. The van der Waals surface area contributed by atoms with E-state index in [4.69, 9.17) is 5.73 Å². The lowest BCUT2D eigenvalue weighted by Crippen LogP contribution is -2.19. The summed E-state index contributed by atoms with van der Waals surface area (Å²) in [5.74, 6) is 0. The Hall–Kier alpha value is -0.830. The molecule has 0 bridgehead atoms. The summed E-state index contributed by atoms with van der Waals surface area (Å²) < 4.78 is 2.07. The number of hydrogen-bond donors (Lipinski definition) is 1. The first kappa shape index (κ1) is 11.2. The van der Waals surface area contributed by atoms with E-state index < -0.39 is 0 Å². The van der Waals surface area contributed by atoms with Crippen LogP contribution in [0.15, 0.2) is 6.07 Å². The molecule has 0 saturated carbocycles. The van der Waals surface area contributed by atoms with E-state index in [0.29, 0.717) is 12.6 Å². The van der Waals surface area contributed by atoms with Gasteiger partial charge in [0, 0.05) is 23.7 Å². The lowest BCUT2D eigenvalue weighted by atomic mass is 9.91. The van der Waals surface area contributed by atoms with Gasteiger partial charge in [0.15, 0.2) is 0 Å². The molecule has 14 heavy (non-hydrogen) atoms. The summed E-state index contributed by atoms with van der Waals surface area (Å²) in [4.78, 5) is 0. The average molecular weight is 195 g/mol. The van der Waals surface area contributed by atoms with Gasteiger partial charge in [-0.15, -0.1) is 0 Å². The smallest absolute Gasteiger partial charge is 0.0763 e. The molecule has 1 aromatic heterocycles. The zero-order valence-electron chi connectivity index (χ0n) is 9.83. The second kappa shape index (κ2) is 3.73. The van der Waals surface area contributed by atoms with E-state index in [2.05, 4.69) is 50.5 Å². The van der Waals surface area contributed by atoms with E-state index in [0.717, 1.165) is 5.69 Å². The molecule has 0 aromatic carbocycles. The summed E-state index contributed by atoms with van der Waals surface area (Å²) in [6.07, 6.45) is 0. The van der Waals surface area contributed by atoms with Crippen LogP contribution in [0.1, 0.15) is 52.0 Å². The maximum Gasteiger partial charge on any atom is 0.0763 e. The van der Waals surface area contributed by atoms with Crippen molar-refractivity contribution in [2.45, 2.75) is 52.6 Å². The van der Waals surface area contributed by atoms with E-state index in [-0.39, 0.29) is 5.41 Å². The van der Waals surface area contributed by atoms with Gasteiger partial charge in [-0.2, -0.15) is 5.10 Å². The molecular weight excluding hydrogens is 174 g/mol. The van der Waals surface area contributed by atoms with Gasteiger partial charge in [0.25, 0.3) is 0 Å². The first-order valence-corrected chi connectivity index (χ1v) is 5.15. The van der Waals surface area contributed by atoms with Gasteiger partial charge in [0.2, 0.25) is 0 Å². The predicted octanol–water partition coefficient (Wildman–Crippen LogP) is 2.22. The fourth-order valence-corrected chi connectivity index (χ4v) is 1.50. The van der Waals surface area contributed by atoms with E-state index in [1.807, 2.05) is 0 Å². The molecule has 0 fully saturated rings. The molecule has 1 rings (SSSR count). The molecule has 0 amide bonds. The topological polar surface area (TPSA) is 43.8 Å². The maximum atomic E-state index is 5.60. The van der Waals surface area contributed by atoms with Crippen LogP contribution in [0.3, 0.4) is 0 Å². The van der Waals surface area contributed by atoms with Crippen LogP contribution in [0.2, 0.25) is 0 Å². The van der Waals surface area contributed by atoms with Gasteiger partial charge in [-0.25, -0.2) is 0 Å². The fourth-order valence-electron chi connectivity index (χ4n) is 1.50. The van der Waals surface area contributed by atoms with Crippen molar-refractivity contribution in [1.29, 1.82) is 0 Å². The normalized spacial score (nSPS) is 12.5. The van der Waals surface area contributed by atoms with Gasteiger partial charge in [-0.1, -0.05) is 20.8 Å². The van der Waals surface area contributed by atoms with Crippen molar-refractivity contribution in [2.75, 3.05) is 0 Å². The second-order valence-electron chi connectivity index (χ2n) is 5.01. The lowest BCUT2D eigenvalue weighted by molar-refractivity contribution is 0.444. The van der Waals surface area contributed by atoms with Crippen LogP contribution >= 0.6 is 0 Å². The number of aromatic nitrogens is 2. The van der Waals surface area contributed by atoms with Crippen molar-refractivity contribution in [3.05, 3.63) is 17.5 Å². The summed E-state index contributed by atoms with van der Waals surface area (Å²) in [5.41, 5.74) is 7.96. The molecule has 0 spiro atoms. The van der Waals surface area contributed by atoms with Crippen LogP contribution in [0.5, 0.6) is 0 Å². The van der Waals surface area contributed by atoms with Gasteiger partial charge >= 0.3 is 0 Å². The Bertz CT molecular complexity index is 305. The molecule has 80 valence electrons. The molecule has 2 N–H and O–H groups in total. The third-order valence-electron chi connectivity index (χ3n) is 2.25. The number of rotatable bonds is 2. The van der Waals surface area contributed by atoms with Crippen molar-refractivity contribution in [3.8, 4) is 0 Å². The highest BCUT2D eigenvalue weighted by Gasteiger charge is 2.21. The van der Waals surface area contributed by atoms with Gasteiger partial charge < -0.3 is 5.73 Å². The molecule has 0 atom stereocenters.